The Labute approximate surface area is 72.4 Å². The molecule has 0 aliphatic heterocycles. The van der Waals surface area contributed by atoms with Crippen LogP contribution in [-0.2, 0) is 0 Å². The summed E-state index contributed by atoms with van der Waals surface area (Å²) in [6.45, 7) is 1.86. The Morgan fingerprint density at radius 1 is 1.42 bits per heavy atom. The summed E-state index contributed by atoms with van der Waals surface area (Å²) in [6, 6.07) is 5.77. The van der Waals surface area contributed by atoms with Crippen molar-refractivity contribution in [1.82, 2.24) is 0 Å². The minimum atomic E-state index is 0.530. The Hall–Kier alpha value is -1.05. The zero-order valence-electron chi connectivity index (χ0n) is 7.29. The molecule has 0 N–H and O–H groups in total. The zero-order chi connectivity index (χ0) is 8.55. The van der Waals surface area contributed by atoms with E-state index in [1.165, 1.54) is 19.3 Å². The molecule has 2 heteroatoms. The molecule has 0 radical (unpaired) electrons. The third kappa shape index (κ3) is 1.07. The fourth-order valence-corrected chi connectivity index (χ4v) is 1.63. The number of hydrogen-bond acceptors (Lipinski definition) is 1. The van der Waals surface area contributed by atoms with Crippen molar-refractivity contribution < 1.29 is 4.73 Å². The normalized spacial score (nSPS) is 17.4. The van der Waals surface area contributed by atoms with Gasteiger partial charge in [0.2, 0.25) is 0 Å². The highest BCUT2D eigenvalue weighted by atomic mass is 16.5. The first-order chi connectivity index (χ1) is 5.79. The Bertz CT molecular complexity index is 292. The van der Waals surface area contributed by atoms with E-state index in [9.17, 15) is 5.21 Å². The summed E-state index contributed by atoms with van der Waals surface area (Å²) in [4.78, 5) is 0. The van der Waals surface area contributed by atoms with Crippen LogP contribution in [-0.4, -0.2) is 0 Å². The second-order valence-electron chi connectivity index (χ2n) is 3.51. The predicted molar refractivity (Wildman–Crippen MR) is 46.7 cm³/mol. The molecule has 0 spiro atoms. The lowest BCUT2D eigenvalue weighted by molar-refractivity contribution is -0.623. The Morgan fingerprint density at radius 2 is 2.17 bits per heavy atom. The van der Waals surface area contributed by atoms with Gasteiger partial charge in [0.1, 0.15) is 0 Å². The lowest BCUT2D eigenvalue weighted by Crippen LogP contribution is -2.37. The van der Waals surface area contributed by atoms with Crippen LogP contribution in [0.5, 0.6) is 0 Å². The van der Waals surface area contributed by atoms with Crippen molar-refractivity contribution >= 4 is 0 Å². The van der Waals surface area contributed by atoms with E-state index in [4.69, 9.17) is 0 Å². The first kappa shape index (κ1) is 7.59. The summed E-state index contributed by atoms with van der Waals surface area (Å²) in [7, 11) is 0. The highest BCUT2D eigenvalue weighted by molar-refractivity contribution is 5.09. The van der Waals surface area contributed by atoms with Crippen molar-refractivity contribution in [3.05, 3.63) is 34.8 Å². The lowest BCUT2D eigenvalue weighted by Gasteiger charge is -2.24. The predicted octanol–water partition coefficient (Wildman–Crippen LogP) is 1.90. The van der Waals surface area contributed by atoms with Crippen LogP contribution in [0.4, 0.5) is 0 Å². The molecule has 0 saturated heterocycles. The van der Waals surface area contributed by atoms with Crippen molar-refractivity contribution in [3.8, 4) is 0 Å². The van der Waals surface area contributed by atoms with E-state index in [2.05, 4.69) is 0 Å². The van der Waals surface area contributed by atoms with Crippen LogP contribution in [0.3, 0.4) is 0 Å². The molecule has 1 aromatic heterocycles. The molecule has 1 saturated carbocycles. The molecule has 1 aromatic rings. The Kier molecular flexibility index (Phi) is 1.75. The van der Waals surface area contributed by atoms with Gasteiger partial charge in [0.05, 0.1) is 0 Å². The van der Waals surface area contributed by atoms with Crippen LogP contribution < -0.4 is 4.73 Å². The molecule has 0 amide bonds. The molecular formula is C10H13NO. The van der Waals surface area contributed by atoms with Gasteiger partial charge in [-0.1, -0.05) is 6.42 Å². The maximum atomic E-state index is 11.5. The summed E-state index contributed by atoms with van der Waals surface area (Å²) in [5.41, 5.74) is 1.76. The van der Waals surface area contributed by atoms with Crippen molar-refractivity contribution in [2.24, 2.45) is 0 Å². The summed E-state index contributed by atoms with van der Waals surface area (Å²) >= 11 is 0. The van der Waals surface area contributed by atoms with Crippen molar-refractivity contribution in [2.45, 2.75) is 32.1 Å². The average Bonchev–Trinajstić information content (AvgIpc) is 1.95. The number of rotatable bonds is 1. The fraction of sp³-hybridized carbons (Fsp3) is 0.500. The number of nitrogens with zero attached hydrogens (tertiary/aromatic N) is 1. The maximum Gasteiger partial charge on any atom is 0.196 e. The van der Waals surface area contributed by atoms with Gasteiger partial charge >= 0.3 is 0 Å². The molecule has 64 valence electrons. The van der Waals surface area contributed by atoms with Crippen molar-refractivity contribution in [1.29, 1.82) is 0 Å². The van der Waals surface area contributed by atoms with Gasteiger partial charge in [-0.2, -0.15) is 4.73 Å². The molecule has 2 nitrogen and oxygen atoms in total. The van der Waals surface area contributed by atoms with Crippen LogP contribution in [0.25, 0.3) is 0 Å². The smallest absolute Gasteiger partial charge is 0.196 e. The number of aryl methyl sites for hydroxylation is 1. The Balaban J connectivity index is 2.36. The molecular weight excluding hydrogens is 150 g/mol. The van der Waals surface area contributed by atoms with Gasteiger partial charge in [-0.15, -0.1) is 0 Å². The molecule has 0 bridgehead atoms. The summed E-state index contributed by atoms with van der Waals surface area (Å²) in [6.07, 6.45) is 3.65. The van der Waals surface area contributed by atoms with E-state index in [0.29, 0.717) is 5.92 Å². The van der Waals surface area contributed by atoms with E-state index >= 15 is 0 Å². The maximum absolute atomic E-state index is 11.5. The zero-order valence-corrected chi connectivity index (χ0v) is 7.29. The monoisotopic (exact) mass is 163 g/mol. The van der Waals surface area contributed by atoms with E-state index in [1.807, 2.05) is 25.1 Å². The third-order valence-corrected chi connectivity index (χ3v) is 2.68. The largest absolute Gasteiger partial charge is 0.618 e. The highest BCUT2D eigenvalue weighted by Crippen LogP contribution is 2.34. The van der Waals surface area contributed by atoms with Gasteiger partial charge in [-0.25, -0.2) is 0 Å². The quantitative estimate of drug-likeness (QED) is 0.459. The summed E-state index contributed by atoms with van der Waals surface area (Å²) in [5.74, 6) is 0.530. The summed E-state index contributed by atoms with van der Waals surface area (Å²) in [5, 5.41) is 11.5. The molecule has 0 aromatic carbocycles. The van der Waals surface area contributed by atoms with Crippen molar-refractivity contribution in [2.75, 3.05) is 0 Å². The second kappa shape index (κ2) is 2.77. The van der Waals surface area contributed by atoms with Gasteiger partial charge in [-0.3, -0.25) is 0 Å². The van der Waals surface area contributed by atoms with Gasteiger partial charge < -0.3 is 5.21 Å². The number of aromatic nitrogens is 1. The van der Waals surface area contributed by atoms with Gasteiger partial charge in [0, 0.05) is 25.0 Å². The van der Waals surface area contributed by atoms with Crippen LogP contribution in [0.2, 0.25) is 0 Å². The van der Waals surface area contributed by atoms with Crippen LogP contribution in [0.1, 0.15) is 36.6 Å². The topological polar surface area (TPSA) is 26.9 Å². The standard InChI is InChI=1S/C10H13NO/c1-8-4-2-7-10(11(8)12)9-5-3-6-9/h2,4,7,9H,3,5-6H2,1H3. The number of pyridine rings is 1. The van der Waals surface area contributed by atoms with E-state index in [0.717, 1.165) is 16.1 Å². The molecule has 1 aliphatic rings. The SMILES string of the molecule is Cc1cccc(C2CCC2)[n+]1[O-]. The number of hydrogen-bond donors (Lipinski definition) is 0. The average molecular weight is 163 g/mol. The molecule has 0 unspecified atom stereocenters. The second-order valence-corrected chi connectivity index (χ2v) is 3.51. The molecule has 0 atom stereocenters. The van der Waals surface area contributed by atoms with Crippen LogP contribution in [0, 0.1) is 12.1 Å². The van der Waals surface area contributed by atoms with Gasteiger partial charge in [0.25, 0.3) is 0 Å². The molecule has 1 aliphatic carbocycles. The minimum absolute atomic E-state index is 0.530. The molecule has 1 heterocycles. The molecule has 2 rings (SSSR count). The minimum Gasteiger partial charge on any atom is -0.618 e. The van der Waals surface area contributed by atoms with E-state index in [1.54, 1.807) is 0 Å². The summed E-state index contributed by atoms with van der Waals surface area (Å²) < 4.78 is 1.07. The van der Waals surface area contributed by atoms with Crippen LogP contribution in [0.15, 0.2) is 18.2 Å². The lowest BCUT2D eigenvalue weighted by atomic mass is 9.82. The van der Waals surface area contributed by atoms with Crippen molar-refractivity contribution in [3.63, 3.8) is 0 Å². The fourth-order valence-electron chi connectivity index (χ4n) is 1.63. The third-order valence-electron chi connectivity index (χ3n) is 2.68. The highest BCUT2D eigenvalue weighted by Gasteiger charge is 2.26. The van der Waals surface area contributed by atoms with E-state index < -0.39 is 0 Å². The van der Waals surface area contributed by atoms with Gasteiger partial charge in [0.15, 0.2) is 11.4 Å². The van der Waals surface area contributed by atoms with E-state index in [-0.39, 0.29) is 0 Å². The van der Waals surface area contributed by atoms with Gasteiger partial charge in [-0.05, 0) is 18.9 Å². The molecule has 12 heavy (non-hydrogen) atoms. The Morgan fingerprint density at radius 3 is 2.75 bits per heavy atom. The first-order valence-electron chi connectivity index (χ1n) is 4.48. The first-order valence-corrected chi connectivity index (χ1v) is 4.48. The molecule has 1 fully saturated rings. The van der Waals surface area contributed by atoms with Crippen LogP contribution >= 0.6 is 0 Å².